The average Bonchev–Trinajstić information content (AvgIpc) is 2.61. The number of aryl methyl sites for hydroxylation is 1. The number of hydrogen-bond acceptors (Lipinski definition) is 5. The Labute approximate surface area is 151 Å². The van der Waals surface area contributed by atoms with E-state index in [-0.39, 0.29) is 30.5 Å². The maximum Gasteiger partial charge on any atom is 0.344 e. The molecule has 0 bridgehead atoms. The molecule has 9 heteroatoms. The van der Waals surface area contributed by atoms with E-state index in [0.29, 0.717) is 31.2 Å². The van der Waals surface area contributed by atoms with Crippen LogP contribution in [0.2, 0.25) is 0 Å². The van der Waals surface area contributed by atoms with Crippen LogP contribution in [0.4, 0.5) is 4.79 Å². The molecule has 0 spiro atoms. The summed E-state index contributed by atoms with van der Waals surface area (Å²) in [6.07, 6.45) is 6.02. The number of nitrogens with one attached hydrogen (secondary N) is 1. The first-order chi connectivity index (χ1) is 12.0. The molecule has 1 aromatic heterocycles. The smallest absolute Gasteiger partial charge is 0.344 e. The van der Waals surface area contributed by atoms with Gasteiger partial charge in [-0.1, -0.05) is 0 Å². The molecule has 1 fully saturated rings. The summed E-state index contributed by atoms with van der Waals surface area (Å²) in [5.41, 5.74) is 0.509. The molecule has 0 atom stereocenters. The van der Waals surface area contributed by atoms with Gasteiger partial charge in [-0.05, 0) is 31.7 Å². The van der Waals surface area contributed by atoms with Crippen molar-refractivity contribution < 1.29 is 18.9 Å². The number of pyridine rings is 1. The molecule has 1 heterocycles. The van der Waals surface area contributed by atoms with Gasteiger partial charge in [0.15, 0.2) is 12.4 Å². The summed E-state index contributed by atoms with van der Waals surface area (Å²) in [5.74, 6) is -0.207. The largest absolute Gasteiger partial charge is 0.459 e. The zero-order valence-corrected chi connectivity index (χ0v) is 14.8. The van der Waals surface area contributed by atoms with E-state index in [1.165, 1.54) is 0 Å². The molecule has 1 aliphatic rings. The number of carbonyl (C=O) groups is 2. The summed E-state index contributed by atoms with van der Waals surface area (Å²) >= 11 is 5.52. The monoisotopic (exact) mass is 369 g/mol. The van der Waals surface area contributed by atoms with Gasteiger partial charge in [0.05, 0.1) is 11.8 Å². The maximum atomic E-state index is 12.2. The quantitative estimate of drug-likeness (QED) is 0.272. The number of rotatable bonds is 6. The lowest BCUT2D eigenvalue weighted by molar-refractivity contribution is -0.671. The van der Waals surface area contributed by atoms with Gasteiger partial charge >= 0.3 is 12.0 Å². The van der Waals surface area contributed by atoms with Crippen molar-refractivity contribution in [2.45, 2.75) is 37.8 Å². The van der Waals surface area contributed by atoms with Gasteiger partial charge < -0.3 is 10.1 Å². The summed E-state index contributed by atoms with van der Waals surface area (Å²) < 4.78 is 7.32. The second kappa shape index (κ2) is 9.31. The second-order valence-corrected chi connectivity index (χ2v) is 6.36. The van der Waals surface area contributed by atoms with Gasteiger partial charge in [0, 0.05) is 18.0 Å². The van der Waals surface area contributed by atoms with E-state index in [1.54, 1.807) is 22.9 Å². The van der Waals surface area contributed by atoms with Crippen LogP contribution in [0.15, 0.2) is 29.8 Å². The van der Waals surface area contributed by atoms with Crippen LogP contribution in [0.3, 0.4) is 0 Å². The molecular formula is C16H22ClN4O4+. The zero-order valence-electron chi connectivity index (χ0n) is 14.1. The van der Waals surface area contributed by atoms with Crippen molar-refractivity contribution in [3.8, 4) is 0 Å². The fraction of sp³-hybridized carbons (Fsp3) is 0.562. The van der Waals surface area contributed by atoms with Crippen LogP contribution >= 0.6 is 11.6 Å². The standard InChI is InChI=1S/C16H21ClN4O4/c1-20-9-2-3-12(11-20)15(22)25-14-6-4-13(5-7-14)18-16(23)21(19-24)10-8-17/h2-3,9,11,13-14H,4-8,10H2,1H3/p+1. The Morgan fingerprint density at radius 3 is 2.72 bits per heavy atom. The third kappa shape index (κ3) is 5.67. The maximum absolute atomic E-state index is 12.2. The number of ether oxygens (including phenoxy) is 1. The van der Waals surface area contributed by atoms with E-state index >= 15 is 0 Å². The van der Waals surface area contributed by atoms with Gasteiger partial charge in [-0.2, -0.15) is 5.01 Å². The van der Waals surface area contributed by atoms with Crippen molar-refractivity contribution in [3.05, 3.63) is 35.0 Å². The Morgan fingerprint density at radius 1 is 1.40 bits per heavy atom. The third-order valence-electron chi connectivity index (χ3n) is 4.08. The first-order valence-electron chi connectivity index (χ1n) is 8.17. The molecule has 0 unspecified atom stereocenters. The zero-order chi connectivity index (χ0) is 18.2. The van der Waals surface area contributed by atoms with Crippen molar-refractivity contribution in [2.75, 3.05) is 12.4 Å². The first kappa shape index (κ1) is 19.1. The molecule has 0 saturated heterocycles. The lowest BCUT2D eigenvalue weighted by Gasteiger charge is -2.29. The number of carbonyl (C=O) groups excluding carboxylic acids is 2. The van der Waals surface area contributed by atoms with E-state index in [4.69, 9.17) is 16.3 Å². The van der Waals surface area contributed by atoms with Crippen LogP contribution in [-0.4, -0.2) is 41.6 Å². The summed E-state index contributed by atoms with van der Waals surface area (Å²) in [4.78, 5) is 34.6. The summed E-state index contributed by atoms with van der Waals surface area (Å²) in [5, 5.41) is 6.18. The molecule has 136 valence electrons. The minimum absolute atomic E-state index is 0.0678. The number of halogens is 1. The van der Waals surface area contributed by atoms with Crippen LogP contribution in [0, 0.1) is 4.91 Å². The number of nitroso groups, excluding NO2 is 1. The van der Waals surface area contributed by atoms with Crippen molar-refractivity contribution in [2.24, 2.45) is 12.3 Å². The Bertz CT molecular complexity index is 620. The van der Waals surface area contributed by atoms with Gasteiger partial charge in [-0.3, -0.25) is 0 Å². The van der Waals surface area contributed by atoms with Crippen molar-refractivity contribution in [1.29, 1.82) is 0 Å². The minimum Gasteiger partial charge on any atom is -0.459 e. The molecule has 1 aliphatic carbocycles. The molecule has 8 nitrogen and oxygen atoms in total. The SMILES string of the molecule is C[n+]1cccc(C(=O)OC2CCC(NC(=O)N(CCCl)N=O)CC2)c1. The van der Waals surface area contributed by atoms with Crippen LogP contribution in [-0.2, 0) is 11.8 Å². The number of esters is 1. The fourth-order valence-corrected chi connectivity index (χ4v) is 2.92. The predicted molar refractivity (Wildman–Crippen MR) is 90.8 cm³/mol. The molecule has 0 aromatic carbocycles. The lowest BCUT2D eigenvalue weighted by Crippen LogP contribution is -2.45. The van der Waals surface area contributed by atoms with Gasteiger partial charge in [-0.25, -0.2) is 14.2 Å². The summed E-state index contributed by atoms with van der Waals surface area (Å²) in [7, 11) is 1.84. The van der Waals surface area contributed by atoms with Crippen molar-refractivity contribution >= 4 is 23.6 Å². The number of amides is 2. The lowest BCUT2D eigenvalue weighted by atomic mass is 9.93. The second-order valence-electron chi connectivity index (χ2n) is 5.98. The van der Waals surface area contributed by atoms with E-state index in [9.17, 15) is 14.5 Å². The number of alkyl halides is 1. The van der Waals surface area contributed by atoms with Crippen LogP contribution < -0.4 is 9.88 Å². The van der Waals surface area contributed by atoms with Crippen LogP contribution in [0.1, 0.15) is 36.0 Å². The van der Waals surface area contributed by atoms with Gasteiger partial charge in [0.25, 0.3) is 0 Å². The molecule has 0 aliphatic heterocycles. The molecular weight excluding hydrogens is 348 g/mol. The normalized spacial score (nSPS) is 19.8. The average molecular weight is 370 g/mol. The molecule has 1 aromatic rings. The number of nitrogens with zero attached hydrogens (tertiary/aromatic N) is 3. The summed E-state index contributed by atoms with van der Waals surface area (Å²) in [6.45, 7) is 0.0678. The topological polar surface area (TPSA) is 91.9 Å². The number of aromatic nitrogens is 1. The third-order valence-corrected chi connectivity index (χ3v) is 4.25. The van der Waals surface area contributed by atoms with Gasteiger partial charge in [-0.15, -0.1) is 16.5 Å². The van der Waals surface area contributed by atoms with E-state index in [1.807, 2.05) is 13.2 Å². The Balaban J connectivity index is 1.78. The van der Waals surface area contributed by atoms with Crippen molar-refractivity contribution in [1.82, 2.24) is 10.3 Å². The molecule has 1 saturated carbocycles. The number of urea groups is 1. The van der Waals surface area contributed by atoms with Gasteiger partial charge in [0.2, 0.25) is 0 Å². The minimum atomic E-state index is -0.548. The number of hydrogen-bond donors (Lipinski definition) is 1. The predicted octanol–water partition coefficient (Wildman–Crippen LogP) is 1.91. The highest BCUT2D eigenvalue weighted by molar-refractivity contribution is 6.18. The van der Waals surface area contributed by atoms with Crippen LogP contribution in [0.25, 0.3) is 0 Å². The molecule has 2 rings (SSSR count). The van der Waals surface area contributed by atoms with Crippen LogP contribution in [0.5, 0.6) is 0 Å². The van der Waals surface area contributed by atoms with E-state index in [0.717, 1.165) is 5.01 Å². The Morgan fingerprint density at radius 2 is 2.12 bits per heavy atom. The Kier molecular flexibility index (Phi) is 7.12. The highest BCUT2D eigenvalue weighted by Crippen LogP contribution is 2.22. The van der Waals surface area contributed by atoms with E-state index in [2.05, 4.69) is 10.6 Å². The highest BCUT2D eigenvalue weighted by Gasteiger charge is 2.27. The van der Waals surface area contributed by atoms with Crippen molar-refractivity contribution in [3.63, 3.8) is 0 Å². The molecule has 0 radical (unpaired) electrons. The van der Waals surface area contributed by atoms with Gasteiger partial charge in [0.1, 0.15) is 18.7 Å². The fourth-order valence-electron chi connectivity index (χ4n) is 2.76. The molecule has 2 amide bonds. The van der Waals surface area contributed by atoms with E-state index < -0.39 is 6.03 Å². The first-order valence-corrected chi connectivity index (χ1v) is 8.70. The highest BCUT2D eigenvalue weighted by atomic mass is 35.5. The molecule has 25 heavy (non-hydrogen) atoms. The Hall–Kier alpha value is -2.22. The summed E-state index contributed by atoms with van der Waals surface area (Å²) in [6, 6.07) is 2.88. The molecule has 1 N–H and O–H groups in total.